The summed E-state index contributed by atoms with van der Waals surface area (Å²) in [5, 5.41) is 2.59. The van der Waals surface area contributed by atoms with Crippen LogP contribution in [0, 0.1) is 12.8 Å². The fraction of sp³-hybridized carbons (Fsp3) is 0.467. The van der Waals surface area contributed by atoms with E-state index in [4.69, 9.17) is 14.2 Å². The molecule has 35 heavy (non-hydrogen) atoms. The van der Waals surface area contributed by atoms with Crippen molar-refractivity contribution >= 4 is 10.8 Å². The summed E-state index contributed by atoms with van der Waals surface area (Å²) in [5.74, 6) is 3.39. The number of likely N-dealkylation sites (tertiary alicyclic amines) is 1. The number of aryl methyl sites for hydroxylation is 1. The van der Waals surface area contributed by atoms with Crippen LogP contribution in [0.5, 0.6) is 17.2 Å². The van der Waals surface area contributed by atoms with Gasteiger partial charge in [0.15, 0.2) is 11.5 Å². The Morgan fingerprint density at radius 1 is 0.829 bits per heavy atom. The molecule has 0 radical (unpaired) electrons. The molecule has 0 spiro atoms. The highest BCUT2D eigenvalue weighted by Gasteiger charge is 2.26. The van der Waals surface area contributed by atoms with Crippen LogP contribution >= 0.6 is 0 Å². The highest BCUT2D eigenvalue weighted by molar-refractivity contribution is 5.88. The molecule has 5 heteroatoms. The van der Waals surface area contributed by atoms with E-state index in [-0.39, 0.29) is 0 Å². The largest absolute Gasteiger partial charge is 0.496 e. The normalized spacial score (nSPS) is 18.6. The molecule has 3 aromatic rings. The van der Waals surface area contributed by atoms with Gasteiger partial charge >= 0.3 is 0 Å². The number of benzene rings is 3. The van der Waals surface area contributed by atoms with Crippen molar-refractivity contribution in [2.45, 2.75) is 32.7 Å². The van der Waals surface area contributed by atoms with E-state index in [1.807, 2.05) is 0 Å². The topological polar surface area (TPSA) is 34.2 Å². The molecular weight excluding hydrogens is 436 g/mol. The third-order valence-corrected chi connectivity index (χ3v) is 7.92. The van der Waals surface area contributed by atoms with E-state index in [2.05, 4.69) is 59.2 Å². The molecule has 0 amide bonds. The van der Waals surface area contributed by atoms with Crippen molar-refractivity contribution in [3.63, 3.8) is 0 Å². The van der Waals surface area contributed by atoms with E-state index in [1.165, 1.54) is 59.1 Å². The molecule has 2 aliphatic heterocycles. The minimum atomic E-state index is 0.753. The maximum Gasteiger partial charge on any atom is 0.161 e. The van der Waals surface area contributed by atoms with Crippen molar-refractivity contribution in [3.05, 3.63) is 64.7 Å². The Kier molecular flexibility index (Phi) is 7.17. The van der Waals surface area contributed by atoms with E-state index in [0.29, 0.717) is 0 Å². The molecule has 2 heterocycles. The Balaban J connectivity index is 1.14. The molecule has 1 fully saturated rings. The monoisotopic (exact) mass is 474 g/mol. The van der Waals surface area contributed by atoms with Gasteiger partial charge in [-0.25, -0.2) is 0 Å². The zero-order valence-electron chi connectivity index (χ0n) is 21.6. The number of methoxy groups -OCH3 is 3. The van der Waals surface area contributed by atoms with Crippen LogP contribution in [-0.2, 0) is 19.4 Å². The summed E-state index contributed by atoms with van der Waals surface area (Å²) in [6, 6.07) is 15.5. The first-order chi connectivity index (χ1) is 17.1. The molecule has 186 valence electrons. The quantitative estimate of drug-likeness (QED) is 0.454. The minimum Gasteiger partial charge on any atom is -0.496 e. The summed E-state index contributed by atoms with van der Waals surface area (Å²) in [7, 11) is 5.17. The van der Waals surface area contributed by atoms with Gasteiger partial charge < -0.3 is 19.1 Å². The van der Waals surface area contributed by atoms with E-state index >= 15 is 0 Å². The third-order valence-electron chi connectivity index (χ3n) is 7.92. The first-order valence-corrected chi connectivity index (χ1v) is 12.8. The second kappa shape index (κ2) is 10.5. The Hall–Kier alpha value is -2.76. The van der Waals surface area contributed by atoms with E-state index in [1.54, 1.807) is 21.3 Å². The number of ether oxygens (including phenoxy) is 3. The Morgan fingerprint density at radius 2 is 1.60 bits per heavy atom. The van der Waals surface area contributed by atoms with Crippen molar-refractivity contribution in [2.24, 2.45) is 5.92 Å². The van der Waals surface area contributed by atoms with Crippen molar-refractivity contribution in [2.75, 3.05) is 54.1 Å². The molecule has 1 unspecified atom stereocenters. The van der Waals surface area contributed by atoms with Crippen LogP contribution in [0.15, 0.2) is 42.5 Å². The molecule has 5 rings (SSSR count). The molecule has 0 bridgehead atoms. The number of hydrogen-bond acceptors (Lipinski definition) is 5. The van der Waals surface area contributed by atoms with Crippen LogP contribution in [0.25, 0.3) is 10.8 Å². The van der Waals surface area contributed by atoms with Crippen molar-refractivity contribution in [1.29, 1.82) is 0 Å². The van der Waals surface area contributed by atoms with Crippen LogP contribution < -0.4 is 14.2 Å². The van der Waals surface area contributed by atoms with Gasteiger partial charge in [-0.15, -0.1) is 0 Å². The van der Waals surface area contributed by atoms with Gasteiger partial charge in [0.2, 0.25) is 0 Å². The highest BCUT2D eigenvalue weighted by Crippen LogP contribution is 2.34. The van der Waals surface area contributed by atoms with Crippen LogP contribution in [-0.4, -0.2) is 63.9 Å². The highest BCUT2D eigenvalue weighted by atomic mass is 16.5. The fourth-order valence-electron chi connectivity index (χ4n) is 5.91. The van der Waals surface area contributed by atoms with Gasteiger partial charge in [0.1, 0.15) is 5.75 Å². The first kappa shape index (κ1) is 24.0. The van der Waals surface area contributed by atoms with Gasteiger partial charge in [0, 0.05) is 32.7 Å². The molecule has 5 nitrogen and oxygen atoms in total. The average molecular weight is 475 g/mol. The number of fused-ring (bicyclic) bond motifs is 2. The van der Waals surface area contributed by atoms with Crippen LogP contribution in [0.3, 0.4) is 0 Å². The lowest BCUT2D eigenvalue weighted by Gasteiger charge is -2.31. The van der Waals surface area contributed by atoms with Gasteiger partial charge in [-0.05, 0) is 89.9 Å². The number of hydrogen-bond donors (Lipinski definition) is 0. The Morgan fingerprint density at radius 3 is 2.37 bits per heavy atom. The molecule has 1 saturated heterocycles. The lowest BCUT2D eigenvalue weighted by atomic mass is 9.97. The van der Waals surface area contributed by atoms with Crippen LogP contribution in [0.1, 0.15) is 28.7 Å². The van der Waals surface area contributed by atoms with Gasteiger partial charge in [0.05, 0.1) is 21.3 Å². The fourth-order valence-corrected chi connectivity index (χ4v) is 5.91. The zero-order chi connectivity index (χ0) is 24.4. The number of nitrogens with zero attached hydrogens (tertiary/aromatic N) is 2. The summed E-state index contributed by atoms with van der Waals surface area (Å²) in [4.78, 5) is 5.28. The SMILES string of the molecule is COc1cc2c(cc1OC)CN(CC1CCN(CCc3ccc4c(C)c(OC)ccc4c3)C1)CC2. The second-order valence-electron chi connectivity index (χ2n) is 10.1. The lowest BCUT2D eigenvalue weighted by Crippen LogP contribution is -2.35. The Bertz CT molecular complexity index is 1190. The van der Waals surface area contributed by atoms with Crippen molar-refractivity contribution < 1.29 is 14.2 Å². The summed E-state index contributed by atoms with van der Waals surface area (Å²) in [6.07, 6.45) is 3.48. The molecule has 0 aliphatic carbocycles. The summed E-state index contributed by atoms with van der Waals surface area (Å²) in [6.45, 7) is 9.01. The standard InChI is InChI=1S/C30H38N2O3/c1-21-27-7-5-22(15-25(27)6-8-28(21)33-2)9-12-31-13-10-23(18-31)19-32-14-11-24-16-29(34-3)30(35-4)17-26(24)20-32/h5-8,15-17,23H,9-14,18-20H2,1-4H3. The molecule has 3 aromatic carbocycles. The second-order valence-corrected chi connectivity index (χ2v) is 10.1. The molecule has 1 atom stereocenters. The zero-order valence-corrected chi connectivity index (χ0v) is 21.6. The number of rotatable bonds is 8. The third kappa shape index (κ3) is 5.12. The van der Waals surface area contributed by atoms with Gasteiger partial charge in [-0.1, -0.05) is 24.3 Å². The summed E-state index contributed by atoms with van der Waals surface area (Å²) in [5.41, 5.74) is 5.42. The molecular formula is C30H38N2O3. The predicted molar refractivity (Wildman–Crippen MR) is 142 cm³/mol. The molecule has 0 saturated carbocycles. The smallest absolute Gasteiger partial charge is 0.161 e. The molecule has 0 N–H and O–H groups in total. The van der Waals surface area contributed by atoms with E-state index < -0.39 is 0 Å². The van der Waals surface area contributed by atoms with Gasteiger partial charge in [-0.2, -0.15) is 0 Å². The van der Waals surface area contributed by atoms with Gasteiger partial charge in [0.25, 0.3) is 0 Å². The van der Waals surface area contributed by atoms with E-state index in [0.717, 1.165) is 55.6 Å². The first-order valence-electron chi connectivity index (χ1n) is 12.8. The predicted octanol–water partition coefficient (Wildman–Crippen LogP) is 5.10. The maximum atomic E-state index is 5.53. The Labute approximate surface area is 209 Å². The molecule has 2 aliphatic rings. The minimum absolute atomic E-state index is 0.753. The van der Waals surface area contributed by atoms with Crippen molar-refractivity contribution in [1.82, 2.24) is 9.80 Å². The van der Waals surface area contributed by atoms with Gasteiger partial charge in [-0.3, -0.25) is 4.90 Å². The van der Waals surface area contributed by atoms with Crippen LogP contribution in [0.4, 0.5) is 0 Å². The lowest BCUT2D eigenvalue weighted by molar-refractivity contribution is 0.209. The summed E-state index contributed by atoms with van der Waals surface area (Å²) < 4.78 is 16.5. The maximum absolute atomic E-state index is 5.53. The molecule has 0 aromatic heterocycles. The average Bonchev–Trinajstić information content (AvgIpc) is 3.34. The van der Waals surface area contributed by atoms with Crippen molar-refractivity contribution in [3.8, 4) is 17.2 Å². The summed E-state index contributed by atoms with van der Waals surface area (Å²) >= 11 is 0. The van der Waals surface area contributed by atoms with Crippen LogP contribution in [0.2, 0.25) is 0 Å². The van der Waals surface area contributed by atoms with E-state index in [9.17, 15) is 0 Å².